The van der Waals surface area contributed by atoms with Crippen molar-refractivity contribution in [3.63, 3.8) is 0 Å². The van der Waals surface area contributed by atoms with Gasteiger partial charge in [0.15, 0.2) is 0 Å². The Hall–Kier alpha value is -0.498. The predicted molar refractivity (Wildman–Crippen MR) is 103 cm³/mol. The first kappa shape index (κ1) is 18.6. The predicted octanol–water partition coefficient (Wildman–Crippen LogP) is 5.95. The number of rotatable bonds is 11. The molecule has 0 N–H and O–H groups in total. The summed E-state index contributed by atoms with van der Waals surface area (Å²) in [6.07, 6.45) is 12.9. The lowest BCUT2D eigenvalue weighted by Crippen LogP contribution is -2.55. The Morgan fingerprint density at radius 2 is 1.19 bits per heavy atom. The van der Waals surface area contributed by atoms with E-state index >= 15 is 0 Å². The van der Waals surface area contributed by atoms with Crippen molar-refractivity contribution in [2.75, 3.05) is 0 Å². The molecular weight excluding hydrogens is 267 g/mol. The summed E-state index contributed by atoms with van der Waals surface area (Å²) in [5.41, 5.74) is -0.155. The number of hydrogen-bond donors (Lipinski definition) is 0. The summed E-state index contributed by atoms with van der Waals surface area (Å²) in [5, 5.41) is 1.67. The lowest BCUT2D eigenvalue weighted by Gasteiger charge is -2.46. The van der Waals surface area contributed by atoms with Crippen LogP contribution in [0.15, 0.2) is 30.3 Å². The minimum absolute atomic E-state index is 0.155. The van der Waals surface area contributed by atoms with Gasteiger partial charge in [-0.1, -0.05) is 110 Å². The van der Waals surface area contributed by atoms with Crippen LogP contribution in [0.25, 0.3) is 0 Å². The van der Waals surface area contributed by atoms with Crippen molar-refractivity contribution >= 4 is 19.6 Å². The van der Waals surface area contributed by atoms with Crippen molar-refractivity contribution in [1.29, 1.82) is 0 Å². The van der Waals surface area contributed by atoms with Crippen LogP contribution in [0.3, 0.4) is 0 Å². The topological polar surface area (TPSA) is 0 Å². The molecule has 0 nitrogen and oxygen atoms in total. The average Bonchev–Trinajstić information content (AvgIpc) is 2.55. The molecule has 0 bridgehead atoms. The highest BCUT2D eigenvalue weighted by Crippen LogP contribution is 2.30. The normalized spacial score (nSPS) is 12.0. The monoisotopic (exact) mass is 302 g/mol. The Bertz CT molecular complexity index is 341. The van der Waals surface area contributed by atoms with E-state index in [9.17, 15) is 0 Å². The molecule has 0 atom stereocenters. The standard InChI is InChI=1S/C19H35BSi/c1-5-8-16-20(17-9-6-2,18-10-7-3)21(4)19-14-12-11-13-15-19/h11-15H,5-10,16-18H2,1-4H3/q-1. The van der Waals surface area contributed by atoms with E-state index in [0.29, 0.717) is 0 Å². The van der Waals surface area contributed by atoms with E-state index in [4.69, 9.17) is 0 Å². The third-order valence-electron chi connectivity index (χ3n) is 5.48. The molecule has 0 fully saturated rings. The van der Waals surface area contributed by atoms with Crippen LogP contribution in [0.2, 0.25) is 25.5 Å². The number of hydrogen-bond acceptors (Lipinski definition) is 0. The van der Waals surface area contributed by atoms with E-state index in [-0.39, 0.29) is 5.74 Å². The maximum atomic E-state index is 2.61. The van der Waals surface area contributed by atoms with Gasteiger partial charge in [0.05, 0.1) is 0 Å². The van der Waals surface area contributed by atoms with E-state index in [2.05, 4.69) is 57.7 Å². The first-order chi connectivity index (χ1) is 10.2. The van der Waals surface area contributed by atoms with Gasteiger partial charge in [-0.15, -0.1) is 0 Å². The van der Waals surface area contributed by atoms with Crippen molar-refractivity contribution in [2.45, 2.75) is 84.8 Å². The van der Waals surface area contributed by atoms with Crippen LogP contribution in [0, 0.1) is 0 Å². The second-order valence-corrected chi connectivity index (χ2v) is 10.1. The van der Waals surface area contributed by atoms with Crippen molar-refractivity contribution in [3.05, 3.63) is 30.3 Å². The molecule has 0 aliphatic rings. The molecule has 2 heteroatoms. The maximum Gasteiger partial charge on any atom is 0.00441 e. The zero-order valence-corrected chi connectivity index (χ0v) is 15.8. The SMILES string of the molecule is CCCC[B-](CCCC)(CCCC)[Si](C)c1ccccc1. The molecule has 0 amide bonds. The van der Waals surface area contributed by atoms with Gasteiger partial charge in [-0.3, -0.25) is 0 Å². The molecule has 0 unspecified atom stereocenters. The molecule has 21 heavy (non-hydrogen) atoms. The van der Waals surface area contributed by atoms with Gasteiger partial charge >= 0.3 is 0 Å². The van der Waals surface area contributed by atoms with Gasteiger partial charge in [0, 0.05) is 5.74 Å². The summed E-state index contributed by atoms with van der Waals surface area (Å²) < 4.78 is 0. The lowest BCUT2D eigenvalue weighted by atomic mass is 9.38. The van der Waals surface area contributed by atoms with Crippen LogP contribution >= 0.6 is 0 Å². The summed E-state index contributed by atoms with van der Waals surface area (Å²) in [6.45, 7) is 9.67. The molecule has 0 aliphatic carbocycles. The van der Waals surface area contributed by atoms with Crippen molar-refractivity contribution in [2.24, 2.45) is 0 Å². The summed E-state index contributed by atoms with van der Waals surface area (Å²) in [4.78, 5) is 0. The second-order valence-electron chi connectivity index (χ2n) is 6.95. The lowest BCUT2D eigenvalue weighted by molar-refractivity contribution is 0.805. The highest BCUT2D eigenvalue weighted by Gasteiger charge is 2.30. The molecule has 0 heterocycles. The zero-order chi connectivity index (χ0) is 15.6. The maximum absolute atomic E-state index is 2.61. The van der Waals surface area contributed by atoms with Gasteiger partial charge in [-0.25, -0.2) is 0 Å². The van der Waals surface area contributed by atoms with E-state index < -0.39 is 8.67 Å². The van der Waals surface area contributed by atoms with Gasteiger partial charge in [0.25, 0.3) is 0 Å². The fraction of sp³-hybridized carbons (Fsp3) is 0.684. The summed E-state index contributed by atoms with van der Waals surface area (Å²) in [5.74, 6) is 0. The second kappa shape index (κ2) is 10.3. The van der Waals surface area contributed by atoms with E-state index in [0.717, 1.165) is 0 Å². The van der Waals surface area contributed by atoms with Crippen molar-refractivity contribution in [3.8, 4) is 0 Å². The molecule has 0 aromatic heterocycles. The Labute approximate surface area is 135 Å². The van der Waals surface area contributed by atoms with E-state index in [1.807, 2.05) is 0 Å². The molecule has 1 aromatic rings. The molecule has 0 saturated heterocycles. The van der Waals surface area contributed by atoms with Crippen molar-refractivity contribution in [1.82, 2.24) is 0 Å². The van der Waals surface area contributed by atoms with Gasteiger partial charge < -0.3 is 0 Å². The highest BCUT2D eigenvalue weighted by atomic mass is 28.3. The molecule has 1 radical (unpaired) electrons. The van der Waals surface area contributed by atoms with Crippen LogP contribution in [0.4, 0.5) is 0 Å². The average molecular weight is 302 g/mol. The minimum Gasteiger partial charge on any atom is -0.179 e. The molecule has 1 aromatic carbocycles. The Morgan fingerprint density at radius 3 is 1.57 bits per heavy atom. The smallest absolute Gasteiger partial charge is 0.00441 e. The van der Waals surface area contributed by atoms with Crippen LogP contribution in [0.5, 0.6) is 0 Å². The van der Waals surface area contributed by atoms with Crippen LogP contribution < -0.4 is 5.19 Å². The Balaban J connectivity index is 2.99. The third-order valence-corrected chi connectivity index (χ3v) is 9.43. The fourth-order valence-electron chi connectivity index (χ4n) is 3.92. The van der Waals surface area contributed by atoms with E-state index in [1.165, 1.54) is 57.5 Å². The van der Waals surface area contributed by atoms with Crippen LogP contribution in [-0.4, -0.2) is 14.4 Å². The van der Waals surface area contributed by atoms with E-state index in [1.54, 1.807) is 5.19 Å². The highest BCUT2D eigenvalue weighted by molar-refractivity contribution is 7.37. The molecule has 119 valence electrons. The third kappa shape index (κ3) is 5.65. The summed E-state index contributed by atoms with van der Waals surface area (Å²) >= 11 is 0. The van der Waals surface area contributed by atoms with Gasteiger partial charge in [0.2, 0.25) is 0 Å². The molecule has 0 spiro atoms. The quantitative estimate of drug-likeness (QED) is 0.443. The van der Waals surface area contributed by atoms with Crippen LogP contribution in [-0.2, 0) is 0 Å². The Kier molecular flexibility index (Phi) is 9.07. The number of unbranched alkanes of at least 4 members (excludes halogenated alkanes) is 3. The first-order valence-electron chi connectivity index (χ1n) is 9.30. The minimum atomic E-state index is -0.420. The van der Waals surface area contributed by atoms with Crippen molar-refractivity contribution < 1.29 is 0 Å². The number of benzene rings is 1. The van der Waals surface area contributed by atoms with Gasteiger partial charge in [-0.2, -0.15) is 19.0 Å². The fourth-order valence-corrected chi connectivity index (χ4v) is 7.26. The van der Waals surface area contributed by atoms with Crippen LogP contribution in [0.1, 0.15) is 59.3 Å². The van der Waals surface area contributed by atoms with Gasteiger partial charge in [0.1, 0.15) is 0 Å². The largest absolute Gasteiger partial charge is 0.179 e. The summed E-state index contributed by atoms with van der Waals surface area (Å²) in [6, 6.07) is 11.4. The first-order valence-corrected chi connectivity index (χ1v) is 11.4. The molecule has 1 rings (SSSR count). The molecule has 0 aliphatic heterocycles. The molecular formula is C19H35BSi-. The molecule has 0 saturated carbocycles. The summed E-state index contributed by atoms with van der Waals surface area (Å²) in [7, 11) is -0.420. The zero-order valence-electron chi connectivity index (χ0n) is 14.8. The van der Waals surface area contributed by atoms with Gasteiger partial charge in [-0.05, 0) is 0 Å². The Morgan fingerprint density at radius 1 is 0.762 bits per heavy atom.